The van der Waals surface area contributed by atoms with Gasteiger partial charge in [0.05, 0.1) is 15.9 Å². The van der Waals surface area contributed by atoms with Gasteiger partial charge in [-0.25, -0.2) is 4.98 Å². The molecule has 0 atom stereocenters. The summed E-state index contributed by atoms with van der Waals surface area (Å²) in [4.78, 5) is 17.6. The van der Waals surface area contributed by atoms with Gasteiger partial charge < -0.3 is 0 Å². The van der Waals surface area contributed by atoms with Gasteiger partial charge >= 0.3 is 0 Å². The molecule has 2 heterocycles. The van der Waals surface area contributed by atoms with Crippen LogP contribution in [-0.4, -0.2) is 15.8 Å². The number of hydrogen-bond acceptors (Lipinski definition) is 3. The summed E-state index contributed by atoms with van der Waals surface area (Å²) < 4.78 is 1.78. The molecular formula is C19H14N2OS. The van der Waals surface area contributed by atoms with Gasteiger partial charge in [-0.2, -0.15) is 0 Å². The Hall–Kier alpha value is -2.59. The molecule has 0 unspecified atom stereocenters. The summed E-state index contributed by atoms with van der Waals surface area (Å²) in [6.07, 6.45) is 3.77. The van der Waals surface area contributed by atoms with Gasteiger partial charge in [-0.15, -0.1) is 11.8 Å². The molecule has 0 amide bonds. The van der Waals surface area contributed by atoms with Gasteiger partial charge in [-0.1, -0.05) is 36.4 Å². The third-order valence-corrected chi connectivity index (χ3v) is 4.61. The Morgan fingerprint density at radius 3 is 2.43 bits per heavy atom. The summed E-state index contributed by atoms with van der Waals surface area (Å²) in [6.45, 7) is 0. The van der Waals surface area contributed by atoms with Crippen LogP contribution in [0.3, 0.4) is 0 Å². The molecule has 0 N–H and O–H groups in total. The van der Waals surface area contributed by atoms with Gasteiger partial charge in [-0.05, 0) is 30.5 Å². The van der Waals surface area contributed by atoms with E-state index in [0.717, 1.165) is 27.0 Å². The molecule has 0 spiro atoms. The lowest BCUT2D eigenvalue weighted by Crippen LogP contribution is -2.19. The molecule has 4 aromatic rings. The van der Waals surface area contributed by atoms with E-state index in [2.05, 4.69) is 4.98 Å². The highest BCUT2D eigenvalue weighted by atomic mass is 32.2. The number of rotatable bonds is 2. The standard InChI is InChI=1S/C19H14N2OS/c1-23-18-11-15-16(12-20-18)14-9-5-6-10-17(14)21(19(15)22)13-7-3-2-4-8-13/h2-12H,1H3. The summed E-state index contributed by atoms with van der Waals surface area (Å²) in [7, 11) is 0. The monoisotopic (exact) mass is 318 g/mol. The van der Waals surface area contributed by atoms with Crippen LogP contribution in [0.1, 0.15) is 0 Å². The van der Waals surface area contributed by atoms with Crippen LogP contribution in [0.25, 0.3) is 27.4 Å². The first-order chi connectivity index (χ1) is 11.3. The van der Waals surface area contributed by atoms with Gasteiger partial charge in [0.2, 0.25) is 0 Å². The van der Waals surface area contributed by atoms with E-state index in [4.69, 9.17) is 0 Å². The molecule has 0 saturated carbocycles. The Morgan fingerprint density at radius 2 is 1.65 bits per heavy atom. The molecule has 2 aromatic heterocycles. The smallest absolute Gasteiger partial charge is 0.263 e. The number of pyridine rings is 2. The molecule has 3 nitrogen and oxygen atoms in total. The fraction of sp³-hybridized carbons (Fsp3) is 0.0526. The largest absolute Gasteiger partial charge is 0.276 e. The lowest BCUT2D eigenvalue weighted by Gasteiger charge is -2.13. The van der Waals surface area contributed by atoms with Crippen molar-refractivity contribution in [2.75, 3.05) is 6.26 Å². The van der Waals surface area contributed by atoms with Crippen molar-refractivity contribution in [1.29, 1.82) is 0 Å². The molecule has 0 fully saturated rings. The van der Waals surface area contributed by atoms with Gasteiger partial charge in [0.1, 0.15) is 0 Å². The van der Waals surface area contributed by atoms with Crippen LogP contribution in [0, 0.1) is 0 Å². The molecule has 112 valence electrons. The average molecular weight is 318 g/mol. The van der Waals surface area contributed by atoms with Gasteiger partial charge in [0.25, 0.3) is 5.56 Å². The first-order valence-electron chi connectivity index (χ1n) is 7.32. The van der Waals surface area contributed by atoms with Crippen molar-refractivity contribution in [3.63, 3.8) is 0 Å². The first kappa shape index (κ1) is 14.0. The Kier molecular flexibility index (Phi) is 3.39. The summed E-state index contributed by atoms with van der Waals surface area (Å²) in [5, 5.41) is 3.48. The number of hydrogen-bond donors (Lipinski definition) is 0. The van der Waals surface area contributed by atoms with Crippen LogP contribution in [0.2, 0.25) is 0 Å². The maximum atomic E-state index is 13.1. The van der Waals surface area contributed by atoms with Crippen molar-refractivity contribution in [2.24, 2.45) is 0 Å². The second-order valence-corrected chi connectivity index (χ2v) is 6.09. The van der Waals surface area contributed by atoms with Gasteiger partial charge in [0.15, 0.2) is 0 Å². The number of aromatic nitrogens is 2. The van der Waals surface area contributed by atoms with Crippen molar-refractivity contribution in [1.82, 2.24) is 9.55 Å². The topological polar surface area (TPSA) is 34.9 Å². The van der Waals surface area contributed by atoms with E-state index in [1.807, 2.05) is 66.9 Å². The van der Waals surface area contributed by atoms with Gasteiger partial charge in [0, 0.05) is 22.7 Å². The Morgan fingerprint density at radius 1 is 0.913 bits per heavy atom. The van der Waals surface area contributed by atoms with Crippen LogP contribution >= 0.6 is 11.8 Å². The van der Waals surface area contributed by atoms with Crippen LogP contribution in [0.4, 0.5) is 0 Å². The van der Waals surface area contributed by atoms with Crippen molar-refractivity contribution < 1.29 is 0 Å². The minimum Gasteiger partial charge on any atom is -0.276 e. The fourth-order valence-corrected chi connectivity index (χ4v) is 3.29. The van der Waals surface area contributed by atoms with E-state index in [1.54, 1.807) is 22.5 Å². The number of thioether (sulfide) groups is 1. The van der Waals surface area contributed by atoms with Crippen LogP contribution < -0.4 is 5.56 Å². The zero-order valence-electron chi connectivity index (χ0n) is 12.6. The van der Waals surface area contributed by atoms with Crippen LogP contribution in [0.5, 0.6) is 0 Å². The zero-order chi connectivity index (χ0) is 15.8. The van der Waals surface area contributed by atoms with Crippen LogP contribution in [-0.2, 0) is 0 Å². The third kappa shape index (κ3) is 2.23. The lowest BCUT2D eigenvalue weighted by molar-refractivity contribution is 1.05. The number of benzene rings is 2. The van der Waals surface area contributed by atoms with Crippen molar-refractivity contribution in [3.05, 3.63) is 77.2 Å². The molecule has 0 radical (unpaired) electrons. The predicted octanol–water partition coefficient (Wildman–Crippen LogP) is 4.26. The SMILES string of the molecule is CSc1cc2c(=O)n(-c3ccccc3)c3ccccc3c2cn1. The highest BCUT2D eigenvalue weighted by Gasteiger charge is 2.12. The van der Waals surface area contributed by atoms with E-state index >= 15 is 0 Å². The molecule has 0 aliphatic rings. The normalized spacial score (nSPS) is 11.2. The summed E-state index contributed by atoms with van der Waals surface area (Å²) in [5.41, 5.74) is 1.76. The van der Waals surface area contributed by atoms with E-state index < -0.39 is 0 Å². The fourth-order valence-electron chi connectivity index (χ4n) is 2.90. The quantitative estimate of drug-likeness (QED) is 0.409. The molecule has 2 aromatic carbocycles. The van der Waals surface area contributed by atoms with Gasteiger partial charge in [-0.3, -0.25) is 9.36 Å². The molecule has 4 heteroatoms. The molecule has 0 aliphatic carbocycles. The maximum absolute atomic E-state index is 13.1. The molecule has 0 bridgehead atoms. The molecule has 0 aliphatic heterocycles. The van der Waals surface area contributed by atoms with E-state index in [0.29, 0.717) is 5.39 Å². The molecular weight excluding hydrogens is 304 g/mol. The zero-order valence-corrected chi connectivity index (χ0v) is 13.4. The van der Waals surface area contributed by atoms with Crippen molar-refractivity contribution in [3.8, 4) is 5.69 Å². The van der Waals surface area contributed by atoms with Crippen molar-refractivity contribution in [2.45, 2.75) is 5.03 Å². The number of para-hydroxylation sites is 2. The average Bonchev–Trinajstić information content (AvgIpc) is 2.62. The highest BCUT2D eigenvalue weighted by molar-refractivity contribution is 7.98. The minimum atomic E-state index is -0.0115. The third-order valence-electron chi connectivity index (χ3n) is 3.97. The van der Waals surface area contributed by atoms with Crippen LogP contribution in [0.15, 0.2) is 76.7 Å². The molecule has 4 rings (SSSR count). The number of fused-ring (bicyclic) bond motifs is 3. The Balaban J connectivity index is 2.23. The lowest BCUT2D eigenvalue weighted by atomic mass is 10.1. The van der Waals surface area contributed by atoms with E-state index in [9.17, 15) is 4.79 Å². The Labute approximate surface area is 137 Å². The molecule has 0 saturated heterocycles. The summed E-state index contributed by atoms with van der Waals surface area (Å²) in [5.74, 6) is 0. The summed E-state index contributed by atoms with van der Waals surface area (Å²) >= 11 is 1.54. The second-order valence-electron chi connectivity index (χ2n) is 5.27. The summed E-state index contributed by atoms with van der Waals surface area (Å²) in [6, 6.07) is 19.6. The predicted molar refractivity (Wildman–Crippen MR) is 96.6 cm³/mol. The maximum Gasteiger partial charge on any atom is 0.263 e. The number of nitrogens with zero attached hydrogens (tertiary/aromatic N) is 2. The second kappa shape index (κ2) is 5.56. The first-order valence-corrected chi connectivity index (χ1v) is 8.55. The van der Waals surface area contributed by atoms with Crippen molar-refractivity contribution >= 4 is 33.4 Å². The Bertz CT molecular complexity index is 1070. The minimum absolute atomic E-state index is 0.0115. The molecule has 23 heavy (non-hydrogen) atoms. The van der Waals surface area contributed by atoms with E-state index in [1.165, 1.54) is 0 Å². The highest BCUT2D eigenvalue weighted by Crippen LogP contribution is 2.26. The van der Waals surface area contributed by atoms with E-state index in [-0.39, 0.29) is 5.56 Å².